The van der Waals surface area contributed by atoms with Gasteiger partial charge in [0.25, 0.3) is 0 Å². The van der Waals surface area contributed by atoms with Crippen LogP contribution in [0.3, 0.4) is 0 Å². The number of hydrogen-bond acceptors (Lipinski definition) is 2. The van der Waals surface area contributed by atoms with Crippen LogP contribution in [0.15, 0.2) is 0 Å². The molecular formula is C12H22O2. The van der Waals surface area contributed by atoms with Crippen LogP contribution in [0.25, 0.3) is 0 Å². The van der Waals surface area contributed by atoms with Crippen LogP contribution in [0.2, 0.25) is 0 Å². The second-order valence-electron chi connectivity index (χ2n) is 5.40. The zero-order chi connectivity index (χ0) is 10.0. The average molecular weight is 198 g/mol. The molecule has 1 N–H and O–H groups in total. The highest BCUT2D eigenvalue weighted by Gasteiger charge is 2.38. The van der Waals surface area contributed by atoms with Gasteiger partial charge in [-0.15, -0.1) is 0 Å². The fourth-order valence-electron chi connectivity index (χ4n) is 3.04. The van der Waals surface area contributed by atoms with E-state index >= 15 is 0 Å². The van der Waals surface area contributed by atoms with Gasteiger partial charge in [-0.3, -0.25) is 0 Å². The van der Waals surface area contributed by atoms with Crippen LogP contribution < -0.4 is 0 Å². The summed E-state index contributed by atoms with van der Waals surface area (Å²) in [5.41, 5.74) is 0.172. The Balaban J connectivity index is 1.92. The van der Waals surface area contributed by atoms with Crippen molar-refractivity contribution in [1.82, 2.24) is 0 Å². The van der Waals surface area contributed by atoms with Gasteiger partial charge in [-0.25, -0.2) is 0 Å². The number of aliphatic hydroxyl groups excluding tert-OH is 1. The summed E-state index contributed by atoms with van der Waals surface area (Å²) in [5, 5.41) is 9.57. The molecule has 1 saturated heterocycles. The van der Waals surface area contributed by atoms with Gasteiger partial charge in [0.1, 0.15) is 0 Å². The van der Waals surface area contributed by atoms with Gasteiger partial charge >= 0.3 is 0 Å². The lowest BCUT2D eigenvalue weighted by atomic mass is 9.70. The van der Waals surface area contributed by atoms with Gasteiger partial charge in [-0.2, -0.15) is 0 Å². The molecule has 2 nitrogen and oxygen atoms in total. The molecular weight excluding hydrogens is 176 g/mol. The van der Waals surface area contributed by atoms with Crippen LogP contribution in [0.5, 0.6) is 0 Å². The van der Waals surface area contributed by atoms with Crippen LogP contribution in [0.1, 0.15) is 39.0 Å². The Bertz CT molecular complexity index is 183. The third-order valence-corrected chi connectivity index (χ3v) is 4.16. The largest absolute Gasteiger partial charge is 0.396 e. The predicted molar refractivity (Wildman–Crippen MR) is 56.1 cm³/mol. The van der Waals surface area contributed by atoms with E-state index in [1.807, 2.05) is 0 Å². The Labute approximate surface area is 86.6 Å². The lowest BCUT2D eigenvalue weighted by molar-refractivity contribution is -0.0697. The summed E-state index contributed by atoms with van der Waals surface area (Å²) in [5.74, 6) is 1.47. The number of rotatable bonds is 4. The minimum Gasteiger partial charge on any atom is -0.396 e. The minimum absolute atomic E-state index is 0.172. The van der Waals surface area contributed by atoms with Crippen LogP contribution in [-0.4, -0.2) is 24.9 Å². The highest BCUT2D eigenvalue weighted by molar-refractivity contribution is 4.88. The standard InChI is InChI=1S/C12H22O2/c1-12(9-13,6-10-7-14-8-10)11-4-2-3-5-11/h10-11,13H,2-9H2,1H3. The van der Waals surface area contributed by atoms with Crippen molar-refractivity contribution in [3.05, 3.63) is 0 Å². The van der Waals surface area contributed by atoms with E-state index in [1.165, 1.54) is 25.7 Å². The summed E-state index contributed by atoms with van der Waals surface area (Å²) >= 11 is 0. The lowest BCUT2D eigenvalue weighted by Crippen LogP contribution is -2.38. The quantitative estimate of drug-likeness (QED) is 0.750. The first kappa shape index (κ1) is 10.4. The number of ether oxygens (including phenoxy) is 1. The summed E-state index contributed by atoms with van der Waals surface area (Å²) in [4.78, 5) is 0. The zero-order valence-corrected chi connectivity index (χ0v) is 9.17. The molecule has 1 unspecified atom stereocenters. The fraction of sp³-hybridized carbons (Fsp3) is 1.00. The molecule has 0 bridgehead atoms. The zero-order valence-electron chi connectivity index (χ0n) is 9.17. The van der Waals surface area contributed by atoms with E-state index in [0.717, 1.165) is 25.6 Å². The van der Waals surface area contributed by atoms with Crippen molar-refractivity contribution in [1.29, 1.82) is 0 Å². The first-order valence-electron chi connectivity index (χ1n) is 5.93. The van der Waals surface area contributed by atoms with Crippen molar-refractivity contribution in [3.8, 4) is 0 Å². The molecule has 2 rings (SSSR count). The van der Waals surface area contributed by atoms with Crippen LogP contribution in [-0.2, 0) is 4.74 Å². The van der Waals surface area contributed by atoms with Gasteiger partial charge in [-0.1, -0.05) is 19.8 Å². The van der Waals surface area contributed by atoms with Crippen molar-refractivity contribution in [2.45, 2.75) is 39.0 Å². The summed E-state index contributed by atoms with van der Waals surface area (Å²) < 4.78 is 5.21. The molecule has 0 aromatic heterocycles. The van der Waals surface area contributed by atoms with Gasteiger partial charge in [0, 0.05) is 12.5 Å². The van der Waals surface area contributed by atoms with Crippen molar-refractivity contribution in [2.24, 2.45) is 17.3 Å². The Morgan fingerprint density at radius 1 is 1.29 bits per heavy atom. The fourth-order valence-corrected chi connectivity index (χ4v) is 3.04. The van der Waals surface area contributed by atoms with E-state index in [4.69, 9.17) is 4.74 Å². The van der Waals surface area contributed by atoms with E-state index in [2.05, 4.69) is 6.92 Å². The van der Waals surface area contributed by atoms with Gasteiger partial charge in [0.2, 0.25) is 0 Å². The third-order valence-electron chi connectivity index (χ3n) is 4.16. The molecule has 0 aromatic carbocycles. The maximum absolute atomic E-state index is 9.57. The third kappa shape index (κ3) is 1.96. The molecule has 1 heterocycles. The molecule has 2 aliphatic rings. The molecule has 82 valence electrons. The van der Waals surface area contributed by atoms with Crippen molar-refractivity contribution < 1.29 is 9.84 Å². The molecule has 1 aliphatic carbocycles. The van der Waals surface area contributed by atoms with Crippen molar-refractivity contribution in [2.75, 3.05) is 19.8 Å². The van der Waals surface area contributed by atoms with E-state index < -0.39 is 0 Å². The first-order chi connectivity index (χ1) is 6.74. The highest BCUT2D eigenvalue weighted by atomic mass is 16.5. The molecule has 1 saturated carbocycles. The Kier molecular flexibility index (Phi) is 3.13. The molecule has 0 radical (unpaired) electrons. The highest BCUT2D eigenvalue weighted by Crippen LogP contribution is 2.44. The molecule has 1 atom stereocenters. The molecule has 2 fully saturated rings. The maximum Gasteiger partial charge on any atom is 0.0516 e. The summed E-state index contributed by atoms with van der Waals surface area (Å²) in [6.07, 6.45) is 6.53. The van der Waals surface area contributed by atoms with Gasteiger partial charge in [0.15, 0.2) is 0 Å². The van der Waals surface area contributed by atoms with Crippen LogP contribution in [0, 0.1) is 17.3 Å². The van der Waals surface area contributed by atoms with Gasteiger partial charge < -0.3 is 9.84 Å². The molecule has 14 heavy (non-hydrogen) atoms. The van der Waals surface area contributed by atoms with E-state index in [-0.39, 0.29) is 5.41 Å². The second kappa shape index (κ2) is 4.19. The molecule has 0 spiro atoms. The molecule has 1 aliphatic heterocycles. The first-order valence-corrected chi connectivity index (χ1v) is 5.93. The minimum atomic E-state index is 0.172. The Morgan fingerprint density at radius 2 is 1.93 bits per heavy atom. The molecule has 2 heteroatoms. The van der Waals surface area contributed by atoms with Crippen LogP contribution in [0.4, 0.5) is 0 Å². The maximum atomic E-state index is 9.57. The lowest BCUT2D eigenvalue weighted by Gasteiger charge is -2.39. The average Bonchev–Trinajstić information content (AvgIpc) is 2.64. The van der Waals surface area contributed by atoms with E-state index in [9.17, 15) is 5.11 Å². The van der Waals surface area contributed by atoms with Crippen molar-refractivity contribution in [3.63, 3.8) is 0 Å². The van der Waals surface area contributed by atoms with E-state index in [0.29, 0.717) is 12.5 Å². The normalized spacial score (nSPS) is 28.7. The molecule has 0 amide bonds. The van der Waals surface area contributed by atoms with E-state index in [1.54, 1.807) is 0 Å². The molecule has 0 aromatic rings. The summed E-state index contributed by atoms with van der Waals surface area (Å²) in [6.45, 7) is 4.46. The topological polar surface area (TPSA) is 29.5 Å². The predicted octanol–water partition coefficient (Wildman–Crippen LogP) is 2.21. The van der Waals surface area contributed by atoms with Gasteiger partial charge in [0.05, 0.1) is 13.2 Å². The SMILES string of the molecule is CC(CO)(CC1COC1)C1CCCC1. The summed E-state index contributed by atoms with van der Waals surface area (Å²) in [7, 11) is 0. The monoisotopic (exact) mass is 198 g/mol. The number of aliphatic hydroxyl groups is 1. The van der Waals surface area contributed by atoms with Crippen molar-refractivity contribution >= 4 is 0 Å². The Hall–Kier alpha value is -0.0800. The second-order valence-corrected chi connectivity index (χ2v) is 5.40. The number of hydrogen-bond donors (Lipinski definition) is 1. The summed E-state index contributed by atoms with van der Waals surface area (Å²) in [6, 6.07) is 0. The van der Waals surface area contributed by atoms with Gasteiger partial charge in [-0.05, 0) is 30.6 Å². The smallest absolute Gasteiger partial charge is 0.0516 e. The Morgan fingerprint density at radius 3 is 2.36 bits per heavy atom. The van der Waals surface area contributed by atoms with Crippen LogP contribution >= 0.6 is 0 Å².